The molecule has 0 amide bonds. The largest absolute Gasteiger partial charge is 0.295 e. The predicted molar refractivity (Wildman–Crippen MR) is 109 cm³/mol. The monoisotopic (exact) mass is 360 g/mol. The number of hydrogen-bond donors (Lipinski definition) is 0. The van der Waals surface area contributed by atoms with Crippen molar-refractivity contribution >= 4 is 0 Å². The molecule has 4 nitrogen and oxygen atoms in total. The third kappa shape index (κ3) is 4.11. The molecule has 1 aliphatic heterocycles. The van der Waals surface area contributed by atoms with Crippen LogP contribution in [0.25, 0.3) is 5.82 Å². The van der Waals surface area contributed by atoms with Gasteiger partial charge in [-0.05, 0) is 56.5 Å². The molecule has 1 aliphatic rings. The second-order valence-corrected chi connectivity index (χ2v) is 7.27. The van der Waals surface area contributed by atoms with Crippen LogP contribution >= 0.6 is 0 Å². The first-order valence-electron chi connectivity index (χ1n) is 10.1. The van der Waals surface area contributed by atoms with Gasteiger partial charge >= 0.3 is 0 Å². The van der Waals surface area contributed by atoms with Crippen LogP contribution in [-0.2, 0) is 12.8 Å². The minimum absolute atomic E-state index is 0.439. The Morgan fingerprint density at radius 3 is 2.81 bits per heavy atom. The van der Waals surface area contributed by atoms with Gasteiger partial charge in [0.2, 0.25) is 0 Å². The molecule has 140 valence electrons. The van der Waals surface area contributed by atoms with Crippen molar-refractivity contribution in [1.82, 2.24) is 19.4 Å². The maximum absolute atomic E-state index is 5.00. The zero-order valence-electron chi connectivity index (χ0n) is 16.1. The summed E-state index contributed by atoms with van der Waals surface area (Å²) >= 11 is 0. The molecule has 4 heteroatoms. The average molecular weight is 361 g/mol. The number of aromatic nitrogens is 3. The fraction of sp³-hybridized carbons (Fsp3) is 0.391. The number of nitrogens with zero attached hydrogens (tertiary/aromatic N) is 4. The van der Waals surface area contributed by atoms with E-state index < -0.39 is 0 Å². The molecule has 0 aliphatic carbocycles. The van der Waals surface area contributed by atoms with Gasteiger partial charge < -0.3 is 0 Å². The van der Waals surface area contributed by atoms with Crippen LogP contribution in [0, 0.1) is 0 Å². The molecule has 0 spiro atoms. The Morgan fingerprint density at radius 2 is 1.96 bits per heavy atom. The van der Waals surface area contributed by atoms with Crippen molar-refractivity contribution in [1.29, 1.82) is 0 Å². The summed E-state index contributed by atoms with van der Waals surface area (Å²) in [6.07, 6.45) is 9.58. The van der Waals surface area contributed by atoms with Gasteiger partial charge in [-0.25, -0.2) is 9.97 Å². The van der Waals surface area contributed by atoms with Crippen molar-refractivity contribution < 1.29 is 0 Å². The van der Waals surface area contributed by atoms with Gasteiger partial charge in [-0.1, -0.05) is 43.3 Å². The van der Waals surface area contributed by atoms with Crippen molar-refractivity contribution in [3.63, 3.8) is 0 Å². The summed E-state index contributed by atoms with van der Waals surface area (Å²) in [5.74, 6) is 2.05. The van der Waals surface area contributed by atoms with E-state index >= 15 is 0 Å². The van der Waals surface area contributed by atoms with Crippen LogP contribution in [0.4, 0.5) is 0 Å². The van der Waals surface area contributed by atoms with Gasteiger partial charge in [0.15, 0.2) is 0 Å². The molecule has 1 fully saturated rings. The summed E-state index contributed by atoms with van der Waals surface area (Å²) in [5.41, 5.74) is 2.63. The van der Waals surface area contributed by atoms with Gasteiger partial charge in [0.1, 0.15) is 11.6 Å². The second kappa shape index (κ2) is 8.49. The minimum atomic E-state index is 0.439. The molecule has 3 aromatic rings. The first-order chi connectivity index (χ1) is 13.3. The number of imidazole rings is 1. The molecule has 0 N–H and O–H groups in total. The summed E-state index contributed by atoms with van der Waals surface area (Å²) in [7, 11) is 0. The van der Waals surface area contributed by atoms with Crippen LogP contribution in [0.3, 0.4) is 0 Å². The van der Waals surface area contributed by atoms with Gasteiger partial charge in [-0.2, -0.15) is 0 Å². The van der Waals surface area contributed by atoms with Crippen molar-refractivity contribution in [2.45, 2.75) is 45.1 Å². The van der Waals surface area contributed by atoms with Crippen LogP contribution in [0.5, 0.6) is 0 Å². The van der Waals surface area contributed by atoms with Gasteiger partial charge in [-0.3, -0.25) is 9.47 Å². The normalized spacial score (nSPS) is 17.4. The molecule has 0 saturated carbocycles. The molecule has 1 atom stereocenters. The first kappa shape index (κ1) is 17.9. The molecule has 0 radical (unpaired) electrons. The van der Waals surface area contributed by atoms with E-state index in [1.807, 2.05) is 12.4 Å². The Morgan fingerprint density at radius 1 is 1.07 bits per heavy atom. The molecule has 1 saturated heterocycles. The van der Waals surface area contributed by atoms with Crippen LogP contribution in [-0.4, -0.2) is 32.5 Å². The molecule has 4 rings (SSSR count). The van der Waals surface area contributed by atoms with E-state index in [1.54, 1.807) is 0 Å². The fourth-order valence-electron chi connectivity index (χ4n) is 4.12. The zero-order chi connectivity index (χ0) is 18.5. The smallest absolute Gasteiger partial charge is 0.138 e. The lowest BCUT2D eigenvalue weighted by molar-refractivity contribution is 0.250. The topological polar surface area (TPSA) is 34.0 Å². The number of hydrogen-bond acceptors (Lipinski definition) is 3. The number of rotatable bonds is 7. The second-order valence-electron chi connectivity index (χ2n) is 7.27. The highest BCUT2D eigenvalue weighted by Crippen LogP contribution is 2.31. The Bertz CT molecular complexity index is 856. The highest BCUT2D eigenvalue weighted by molar-refractivity contribution is 5.28. The van der Waals surface area contributed by atoms with Gasteiger partial charge in [-0.15, -0.1) is 0 Å². The molecule has 1 aromatic carbocycles. The summed E-state index contributed by atoms with van der Waals surface area (Å²) in [6.45, 7) is 4.45. The summed E-state index contributed by atoms with van der Waals surface area (Å²) in [6, 6.07) is 17.6. The van der Waals surface area contributed by atoms with E-state index in [4.69, 9.17) is 4.98 Å². The van der Waals surface area contributed by atoms with Crippen LogP contribution in [0.1, 0.15) is 49.3 Å². The Balaban J connectivity index is 1.45. The molecular weight excluding hydrogens is 332 g/mol. The average Bonchev–Trinajstić information content (AvgIpc) is 3.38. The standard InChI is InChI=1S/C23H28N4/c1-2-22-24-15-18-27(22)23-14-6-12-20(25-23)21-13-8-17-26(21)16-7-11-19-9-4-3-5-10-19/h3-6,9-10,12,14-15,18,21H,2,7-8,11,13,16-17H2,1H3/t21-/m0/s1. The summed E-state index contributed by atoms with van der Waals surface area (Å²) in [4.78, 5) is 12.1. The van der Waals surface area contributed by atoms with E-state index in [1.165, 1.54) is 37.1 Å². The van der Waals surface area contributed by atoms with Crippen molar-refractivity contribution in [3.8, 4) is 5.82 Å². The van der Waals surface area contributed by atoms with Gasteiger partial charge in [0.05, 0.1) is 11.7 Å². The SMILES string of the molecule is CCc1nccn1-c1cccc([C@@H]2CCCN2CCCc2ccccc2)n1. The molecule has 27 heavy (non-hydrogen) atoms. The number of aryl methyl sites for hydroxylation is 2. The van der Waals surface area contributed by atoms with E-state index in [2.05, 4.69) is 69.9 Å². The molecular formula is C23H28N4. The van der Waals surface area contributed by atoms with E-state index in [-0.39, 0.29) is 0 Å². The van der Waals surface area contributed by atoms with Crippen molar-refractivity contribution in [3.05, 3.63) is 78.0 Å². The van der Waals surface area contributed by atoms with E-state index in [0.717, 1.165) is 31.0 Å². The maximum Gasteiger partial charge on any atom is 0.138 e. The van der Waals surface area contributed by atoms with Crippen LogP contribution in [0.15, 0.2) is 60.9 Å². The molecule has 3 heterocycles. The third-order valence-electron chi connectivity index (χ3n) is 5.50. The third-order valence-corrected chi connectivity index (χ3v) is 5.50. The Kier molecular flexibility index (Phi) is 5.64. The highest BCUT2D eigenvalue weighted by atomic mass is 15.2. The lowest BCUT2D eigenvalue weighted by atomic mass is 10.1. The number of pyridine rings is 1. The summed E-state index contributed by atoms with van der Waals surface area (Å²) < 4.78 is 2.11. The van der Waals surface area contributed by atoms with Crippen molar-refractivity contribution in [2.75, 3.05) is 13.1 Å². The highest BCUT2D eigenvalue weighted by Gasteiger charge is 2.26. The van der Waals surface area contributed by atoms with Crippen molar-refractivity contribution in [2.24, 2.45) is 0 Å². The lowest BCUT2D eigenvalue weighted by Gasteiger charge is -2.24. The van der Waals surface area contributed by atoms with Crippen LogP contribution < -0.4 is 0 Å². The first-order valence-corrected chi connectivity index (χ1v) is 10.1. The van der Waals surface area contributed by atoms with E-state index in [9.17, 15) is 0 Å². The lowest BCUT2D eigenvalue weighted by Crippen LogP contribution is -2.25. The zero-order valence-corrected chi connectivity index (χ0v) is 16.1. The Labute approximate surface area is 161 Å². The van der Waals surface area contributed by atoms with Crippen LogP contribution in [0.2, 0.25) is 0 Å². The minimum Gasteiger partial charge on any atom is -0.295 e. The molecule has 0 unspecified atom stereocenters. The number of benzene rings is 1. The fourth-order valence-corrected chi connectivity index (χ4v) is 4.12. The quantitative estimate of drug-likeness (QED) is 0.617. The molecule has 2 aromatic heterocycles. The Hall–Kier alpha value is -2.46. The predicted octanol–water partition coefficient (Wildman–Crippen LogP) is 4.60. The maximum atomic E-state index is 5.00. The van der Waals surface area contributed by atoms with Gasteiger partial charge in [0.25, 0.3) is 0 Å². The number of likely N-dealkylation sites (tertiary alicyclic amines) is 1. The van der Waals surface area contributed by atoms with Gasteiger partial charge in [0, 0.05) is 18.8 Å². The van der Waals surface area contributed by atoms with E-state index in [0.29, 0.717) is 6.04 Å². The molecule has 0 bridgehead atoms. The summed E-state index contributed by atoms with van der Waals surface area (Å²) in [5, 5.41) is 0.